The zero-order valence-corrected chi connectivity index (χ0v) is 8.95. The molecule has 1 rings (SSSR count). The highest BCUT2D eigenvalue weighted by molar-refractivity contribution is 5.81. The van der Waals surface area contributed by atoms with Gasteiger partial charge in [-0.2, -0.15) is 0 Å². The van der Waals surface area contributed by atoms with E-state index in [2.05, 4.69) is 5.32 Å². The summed E-state index contributed by atoms with van der Waals surface area (Å²) < 4.78 is 5.28. The smallest absolute Gasteiger partial charge is 0.237 e. The van der Waals surface area contributed by atoms with E-state index in [1.807, 2.05) is 6.92 Å². The first-order valence-corrected chi connectivity index (χ1v) is 5.27. The van der Waals surface area contributed by atoms with E-state index in [4.69, 9.17) is 10.5 Å². The van der Waals surface area contributed by atoms with Crippen molar-refractivity contribution < 1.29 is 9.53 Å². The second-order valence-electron chi connectivity index (χ2n) is 3.83. The molecule has 0 aromatic carbocycles. The van der Waals surface area contributed by atoms with E-state index in [0.29, 0.717) is 6.42 Å². The minimum absolute atomic E-state index is 0.0542. The third-order valence-electron chi connectivity index (χ3n) is 2.86. The van der Waals surface area contributed by atoms with E-state index in [1.165, 1.54) is 0 Å². The Kier molecular flexibility index (Phi) is 4.35. The van der Waals surface area contributed by atoms with Crippen molar-refractivity contribution in [2.45, 2.75) is 50.8 Å². The van der Waals surface area contributed by atoms with E-state index in [9.17, 15) is 4.79 Å². The van der Waals surface area contributed by atoms with Crippen LogP contribution in [0.15, 0.2) is 0 Å². The molecule has 4 nitrogen and oxygen atoms in total. The number of carbonyl (C=O) groups is 1. The molecule has 1 aliphatic rings. The summed E-state index contributed by atoms with van der Waals surface area (Å²) in [6, 6.07) is -0.224. The maximum absolute atomic E-state index is 11.5. The maximum atomic E-state index is 11.5. The first kappa shape index (κ1) is 11.5. The second kappa shape index (κ2) is 5.32. The zero-order valence-electron chi connectivity index (χ0n) is 8.95. The van der Waals surface area contributed by atoms with Gasteiger partial charge in [0.1, 0.15) is 0 Å². The SMILES string of the molecule is CCC(N)C(=O)NC1CCCC1OC. The fourth-order valence-corrected chi connectivity index (χ4v) is 1.85. The van der Waals surface area contributed by atoms with Crippen molar-refractivity contribution in [2.75, 3.05) is 7.11 Å². The summed E-state index contributed by atoms with van der Waals surface area (Å²) in [6.45, 7) is 1.91. The summed E-state index contributed by atoms with van der Waals surface area (Å²) in [5.41, 5.74) is 5.63. The number of amides is 1. The Bertz CT molecular complexity index is 197. The molecule has 0 aromatic rings. The molecule has 4 heteroatoms. The van der Waals surface area contributed by atoms with Crippen LogP contribution in [-0.2, 0) is 9.53 Å². The van der Waals surface area contributed by atoms with E-state index < -0.39 is 0 Å². The van der Waals surface area contributed by atoms with Gasteiger partial charge in [-0.15, -0.1) is 0 Å². The number of carbonyl (C=O) groups excluding carboxylic acids is 1. The molecule has 3 atom stereocenters. The van der Waals surface area contributed by atoms with Crippen LogP contribution in [0.25, 0.3) is 0 Å². The number of hydrogen-bond acceptors (Lipinski definition) is 3. The van der Waals surface area contributed by atoms with Crippen molar-refractivity contribution in [3.63, 3.8) is 0 Å². The van der Waals surface area contributed by atoms with Gasteiger partial charge < -0.3 is 15.8 Å². The third-order valence-corrected chi connectivity index (χ3v) is 2.86. The zero-order chi connectivity index (χ0) is 10.6. The molecule has 14 heavy (non-hydrogen) atoms. The van der Waals surface area contributed by atoms with Crippen molar-refractivity contribution in [3.8, 4) is 0 Å². The van der Waals surface area contributed by atoms with Crippen LogP contribution < -0.4 is 11.1 Å². The van der Waals surface area contributed by atoms with Crippen LogP contribution in [0.2, 0.25) is 0 Å². The molecule has 0 saturated heterocycles. The van der Waals surface area contributed by atoms with Crippen molar-refractivity contribution in [1.29, 1.82) is 0 Å². The Morgan fingerprint density at radius 1 is 1.64 bits per heavy atom. The van der Waals surface area contributed by atoms with Gasteiger partial charge in [0, 0.05) is 7.11 Å². The number of methoxy groups -OCH3 is 1. The molecule has 0 bridgehead atoms. The first-order chi connectivity index (χ1) is 6.69. The largest absolute Gasteiger partial charge is 0.379 e. The van der Waals surface area contributed by atoms with Gasteiger partial charge in [-0.3, -0.25) is 4.79 Å². The third kappa shape index (κ3) is 2.69. The van der Waals surface area contributed by atoms with E-state index in [1.54, 1.807) is 7.11 Å². The molecule has 3 unspecified atom stereocenters. The number of nitrogens with two attached hydrogens (primary N) is 1. The molecule has 1 saturated carbocycles. The highest BCUT2D eigenvalue weighted by Gasteiger charge is 2.29. The summed E-state index contributed by atoms with van der Waals surface area (Å²) in [6.07, 6.45) is 3.99. The van der Waals surface area contributed by atoms with Gasteiger partial charge in [0.25, 0.3) is 0 Å². The highest BCUT2D eigenvalue weighted by Crippen LogP contribution is 2.21. The lowest BCUT2D eigenvalue weighted by molar-refractivity contribution is -0.123. The molecule has 3 N–H and O–H groups in total. The Morgan fingerprint density at radius 2 is 2.36 bits per heavy atom. The molecule has 82 valence electrons. The highest BCUT2D eigenvalue weighted by atomic mass is 16.5. The Balaban J connectivity index is 2.39. The molecule has 0 heterocycles. The van der Waals surface area contributed by atoms with Crippen LogP contribution in [0.1, 0.15) is 32.6 Å². The normalized spacial score (nSPS) is 28.8. The molecular formula is C10H20N2O2. The topological polar surface area (TPSA) is 64.4 Å². The fourth-order valence-electron chi connectivity index (χ4n) is 1.85. The number of ether oxygens (including phenoxy) is 1. The number of nitrogens with one attached hydrogen (secondary N) is 1. The number of rotatable bonds is 4. The lowest BCUT2D eigenvalue weighted by Gasteiger charge is -2.21. The Labute approximate surface area is 85.2 Å². The summed E-state index contributed by atoms with van der Waals surface area (Å²) in [5, 5.41) is 2.94. The molecule has 0 aliphatic heterocycles. The van der Waals surface area contributed by atoms with Gasteiger partial charge in [-0.05, 0) is 25.7 Å². The van der Waals surface area contributed by atoms with Crippen LogP contribution in [0.3, 0.4) is 0 Å². The molecule has 0 radical (unpaired) electrons. The number of hydrogen-bond donors (Lipinski definition) is 2. The lowest BCUT2D eigenvalue weighted by atomic mass is 10.1. The minimum Gasteiger partial charge on any atom is -0.379 e. The average molecular weight is 200 g/mol. The van der Waals surface area contributed by atoms with Crippen LogP contribution in [0.5, 0.6) is 0 Å². The second-order valence-corrected chi connectivity index (χ2v) is 3.83. The van der Waals surface area contributed by atoms with Gasteiger partial charge in [0.2, 0.25) is 5.91 Å². The van der Waals surface area contributed by atoms with Crippen LogP contribution in [0.4, 0.5) is 0 Å². The molecule has 0 spiro atoms. The summed E-state index contributed by atoms with van der Waals surface area (Å²) in [7, 11) is 1.69. The fraction of sp³-hybridized carbons (Fsp3) is 0.900. The Morgan fingerprint density at radius 3 is 2.93 bits per heavy atom. The monoisotopic (exact) mass is 200 g/mol. The quantitative estimate of drug-likeness (QED) is 0.690. The average Bonchev–Trinajstić information content (AvgIpc) is 2.63. The molecule has 1 amide bonds. The lowest BCUT2D eigenvalue weighted by Crippen LogP contribution is -2.48. The van der Waals surface area contributed by atoms with Gasteiger partial charge in [-0.25, -0.2) is 0 Å². The van der Waals surface area contributed by atoms with Crippen molar-refractivity contribution in [3.05, 3.63) is 0 Å². The Hall–Kier alpha value is -0.610. The maximum Gasteiger partial charge on any atom is 0.237 e. The van der Waals surface area contributed by atoms with E-state index >= 15 is 0 Å². The molecular weight excluding hydrogens is 180 g/mol. The molecule has 1 aliphatic carbocycles. The molecule has 1 fully saturated rings. The van der Waals surface area contributed by atoms with Crippen molar-refractivity contribution in [1.82, 2.24) is 5.32 Å². The van der Waals surface area contributed by atoms with E-state index in [0.717, 1.165) is 19.3 Å². The summed E-state index contributed by atoms with van der Waals surface area (Å²) >= 11 is 0. The first-order valence-electron chi connectivity index (χ1n) is 5.27. The van der Waals surface area contributed by atoms with Crippen LogP contribution in [-0.4, -0.2) is 31.2 Å². The molecule has 0 aromatic heterocycles. The standard InChI is InChI=1S/C10H20N2O2/c1-3-7(11)10(13)12-8-5-4-6-9(8)14-2/h7-9H,3-6,11H2,1-2H3,(H,12,13). The predicted octanol–water partition coefficient (Wildman–Crippen LogP) is 0.407. The predicted molar refractivity (Wildman–Crippen MR) is 54.8 cm³/mol. The van der Waals surface area contributed by atoms with E-state index in [-0.39, 0.29) is 24.1 Å². The van der Waals surface area contributed by atoms with Gasteiger partial charge >= 0.3 is 0 Å². The summed E-state index contributed by atoms with van der Waals surface area (Å²) in [4.78, 5) is 11.5. The minimum atomic E-state index is -0.381. The van der Waals surface area contributed by atoms with Gasteiger partial charge in [-0.1, -0.05) is 6.92 Å². The van der Waals surface area contributed by atoms with Crippen molar-refractivity contribution in [2.24, 2.45) is 5.73 Å². The van der Waals surface area contributed by atoms with Gasteiger partial charge in [0.15, 0.2) is 0 Å². The van der Waals surface area contributed by atoms with Gasteiger partial charge in [0.05, 0.1) is 18.2 Å². The summed E-state index contributed by atoms with van der Waals surface area (Å²) in [5.74, 6) is -0.0542. The van der Waals surface area contributed by atoms with Crippen LogP contribution in [0, 0.1) is 0 Å². The van der Waals surface area contributed by atoms with Crippen LogP contribution >= 0.6 is 0 Å². The van der Waals surface area contributed by atoms with Crippen molar-refractivity contribution >= 4 is 5.91 Å².